The van der Waals surface area contributed by atoms with Crippen LogP contribution in [0.2, 0.25) is 0 Å². The predicted molar refractivity (Wildman–Crippen MR) is 79.9 cm³/mol. The minimum Gasteiger partial charge on any atom is -0.313 e. The predicted octanol–water partition coefficient (Wildman–Crippen LogP) is 3.88. The molecule has 0 aromatic carbocycles. The summed E-state index contributed by atoms with van der Waals surface area (Å²) in [5.74, 6) is -0.0520. The van der Waals surface area contributed by atoms with Crippen molar-refractivity contribution in [2.75, 3.05) is 0 Å². The molecule has 2 heterocycles. The fraction of sp³-hybridized carbons (Fsp3) is 0.600. The number of hydrogen-bond acceptors (Lipinski definition) is 3. The van der Waals surface area contributed by atoms with E-state index < -0.39 is 0 Å². The average Bonchev–Trinajstić information content (AvgIpc) is 2.57. The van der Waals surface area contributed by atoms with Gasteiger partial charge in [0.1, 0.15) is 0 Å². The Kier molecular flexibility index (Phi) is 3.33. The van der Waals surface area contributed by atoms with Crippen molar-refractivity contribution in [2.24, 2.45) is 5.41 Å². The first-order chi connectivity index (χ1) is 8.62. The maximum Gasteiger partial charge on any atom is 0.236 e. The van der Waals surface area contributed by atoms with Gasteiger partial charge in [-0.1, -0.05) is 20.8 Å². The summed E-state index contributed by atoms with van der Waals surface area (Å²) in [4.78, 5) is 20.3. The number of rotatable bonds is 0. The second kappa shape index (κ2) is 4.44. The van der Waals surface area contributed by atoms with Crippen LogP contribution in [-0.2, 0) is 4.79 Å². The van der Waals surface area contributed by atoms with Gasteiger partial charge in [0.25, 0.3) is 0 Å². The number of aromatic nitrogens is 1. The van der Waals surface area contributed by atoms with E-state index in [9.17, 15) is 4.79 Å². The highest BCUT2D eigenvalue weighted by Crippen LogP contribution is 2.41. The molecule has 2 rings (SSSR count). The van der Waals surface area contributed by atoms with Crippen molar-refractivity contribution >= 4 is 23.3 Å². The molecule has 0 aliphatic carbocycles. The summed E-state index contributed by atoms with van der Waals surface area (Å²) >= 11 is 1.60. The van der Waals surface area contributed by atoms with Gasteiger partial charge >= 0.3 is 0 Å². The molecule has 4 heteroatoms. The largest absolute Gasteiger partial charge is 0.313 e. The molecule has 0 bridgehead atoms. The van der Waals surface area contributed by atoms with E-state index in [2.05, 4.69) is 46.5 Å². The molecule has 0 radical (unpaired) electrons. The van der Waals surface area contributed by atoms with E-state index in [0.717, 1.165) is 10.6 Å². The van der Waals surface area contributed by atoms with E-state index in [1.165, 1.54) is 0 Å². The lowest BCUT2D eigenvalue weighted by Gasteiger charge is -2.37. The summed E-state index contributed by atoms with van der Waals surface area (Å²) in [5.41, 5.74) is 2.39. The summed E-state index contributed by atoms with van der Waals surface area (Å²) in [6.45, 7) is 12.5. The van der Waals surface area contributed by atoms with Gasteiger partial charge in [-0.25, -0.2) is 4.98 Å². The molecule has 1 aromatic rings. The number of carbonyl (C=O) groups excluding carboxylic acids is 1. The number of fused-ring (bicyclic) bond motifs is 1. The van der Waals surface area contributed by atoms with Crippen molar-refractivity contribution in [1.82, 2.24) is 9.88 Å². The van der Waals surface area contributed by atoms with Crippen molar-refractivity contribution in [3.8, 4) is 0 Å². The summed E-state index contributed by atoms with van der Waals surface area (Å²) in [7, 11) is 0. The maximum absolute atomic E-state index is 12.9. The quantitative estimate of drug-likeness (QED) is 0.721. The Balaban J connectivity index is 2.57. The molecule has 1 aliphatic heterocycles. The molecule has 3 nitrogen and oxygen atoms in total. The molecule has 19 heavy (non-hydrogen) atoms. The molecule has 0 saturated heterocycles. The van der Waals surface area contributed by atoms with Gasteiger partial charge < -0.3 is 4.90 Å². The molecular formula is C15H22N2OS. The van der Waals surface area contributed by atoms with Gasteiger partial charge in [0, 0.05) is 11.7 Å². The van der Waals surface area contributed by atoms with E-state index in [1.54, 1.807) is 11.3 Å². The van der Waals surface area contributed by atoms with Crippen LogP contribution in [0.4, 0.5) is 0 Å². The lowest BCUT2D eigenvalue weighted by atomic mass is 9.77. The van der Waals surface area contributed by atoms with E-state index in [1.807, 2.05) is 22.7 Å². The molecule has 1 amide bonds. The minimum atomic E-state index is -0.217. The molecule has 1 atom stereocenters. The number of nitrogens with zero attached hydrogens (tertiary/aromatic N) is 2. The zero-order chi connectivity index (χ0) is 14.4. The molecule has 0 saturated carbocycles. The number of amides is 1. The van der Waals surface area contributed by atoms with E-state index >= 15 is 0 Å². The Morgan fingerprint density at radius 2 is 1.84 bits per heavy atom. The maximum atomic E-state index is 12.9. The van der Waals surface area contributed by atoms with Gasteiger partial charge in [-0.2, -0.15) is 0 Å². The third kappa shape index (κ3) is 2.59. The number of carbonyl (C=O) groups is 1. The van der Waals surface area contributed by atoms with Crippen molar-refractivity contribution in [3.63, 3.8) is 0 Å². The standard InChI is InChI=1S/C15H22N2OS/c1-14(2,3)11-12-10(19-9-16-12)7-8-17(13(11)18)15(4,5)6/h7-9,11H,1-6H3. The highest BCUT2D eigenvalue weighted by Gasteiger charge is 2.41. The van der Waals surface area contributed by atoms with Gasteiger partial charge in [0.05, 0.1) is 22.0 Å². The Morgan fingerprint density at radius 3 is 2.37 bits per heavy atom. The monoisotopic (exact) mass is 278 g/mol. The van der Waals surface area contributed by atoms with Gasteiger partial charge in [-0.3, -0.25) is 4.79 Å². The second-order valence-corrected chi connectivity index (χ2v) is 7.98. The van der Waals surface area contributed by atoms with Crippen LogP contribution in [0.3, 0.4) is 0 Å². The molecule has 104 valence electrons. The van der Waals surface area contributed by atoms with Crippen molar-refractivity contribution < 1.29 is 4.79 Å². The Bertz CT molecular complexity index is 517. The fourth-order valence-electron chi connectivity index (χ4n) is 2.41. The highest BCUT2D eigenvalue weighted by molar-refractivity contribution is 7.10. The molecule has 1 aromatic heterocycles. The number of hydrogen-bond donors (Lipinski definition) is 0. The van der Waals surface area contributed by atoms with Crippen LogP contribution in [0.25, 0.3) is 6.08 Å². The van der Waals surface area contributed by atoms with Crippen molar-refractivity contribution in [2.45, 2.75) is 53.0 Å². The summed E-state index contributed by atoms with van der Waals surface area (Å²) in [5, 5.41) is 0. The molecular weight excluding hydrogens is 256 g/mol. The normalized spacial score (nSPS) is 20.4. The minimum absolute atomic E-state index is 0.140. The summed E-state index contributed by atoms with van der Waals surface area (Å²) in [6.07, 6.45) is 3.92. The average molecular weight is 278 g/mol. The zero-order valence-electron chi connectivity index (χ0n) is 12.5. The Morgan fingerprint density at radius 1 is 1.21 bits per heavy atom. The van der Waals surface area contributed by atoms with Crippen LogP contribution in [0.5, 0.6) is 0 Å². The highest BCUT2D eigenvalue weighted by atomic mass is 32.1. The van der Waals surface area contributed by atoms with Gasteiger partial charge in [0.2, 0.25) is 5.91 Å². The summed E-state index contributed by atoms with van der Waals surface area (Å²) < 4.78 is 0. The summed E-state index contributed by atoms with van der Waals surface area (Å²) in [6, 6.07) is 0. The Hall–Kier alpha value is -1.16. The van der Waals surface area contributed by atoms with E-state index in [0.29, 0.717) is 0 Å². The van der Waals surface area contributed by atoms with Crippen LogP contribution in [-0.4, -0.2) is 21.3 Å². The van der Waals surface area contributed by atoms with Gasteiger partial charge in [-0.15, -0.1) is 11.3 Å². The Labute approximate surface area is 119 Å². The second-order valence-electron chi connectivity index (χ2n) is 7.10. The SMILES string of the molecule is CC(C)(C)C1C(=O)N(C(C)(C)C)C=Cc2scnc21. The third-order valence-corrected chi connectivity index (χ3v) is 4.16. The lowest BCUT2D eigenvalue weighted by Crippen LogP contribution is -2.46. The first-order valence-corrected chi connectivity index (χ1v) is 7.45. The molecule has 0 spiro atoms. The zero-order valence-corrected chi connectivity index (χ0v) is 13.3. The first-order valence-electron chi connectivity index (χ1n) is 6.57. The van der Waals surface area contributed by atoms with Crippen LogP contribution in [0, 0.1) is 5.41 Å². The fourth-order valence-corrected chi connectivity index (χ4v) is 3.12. The van der Waals surface area contributed by atoms with Crippen molar-refractivity contribution in [3.05, 3.63) is 22.3 Å². The molecule has 0 fully saturated rings. The molecule has 1 aliphatic rings. The van der Waals surface area contributed by atoms with Crippen LogP contribution in [0.15, 0.2) is 11.7 Å². The number of thiazole rings is 1. The lowest BCUT2D eigenvalue weighted by molar-refractivity contribution is -0.136. The van der Waals surface area contributed by atoms with E-state index in [-0.39, 0.29) is 22.8 Å². The molecule has 1 unspecified atom stereocenters. The third-order valence-electron chi connectivity index (χ3n) is 3.35. The molecule has 0 N–H and O–H groups in total. The van der Waals surface area contributed by atoms with Crippen LogP contribution < -0.4 is 0 Å². The van der Waals surface area contributed by atoms with Gasteiger partial charge in [-0.05, 0) is 32.3 Å². The van der Waals surface area contributed by atoms with Crippen LogP contribution >= 0.6 is 11.3 Å². The van der Waals surface area contributed by atoms with Gasteiger partial charge in [0.15, 0.2) is 0 Å². The smallest absolute Gasteiger partial charge is 0.236 e. The first kappa shape index (κ1) is 14.3. The van der Waals surface area contributed by atoms with Crippen LogP contribution in [0.1, 0.15) is 58.0 Å². The van der Waals surface area contributed by atoms with Crippen molar-refractivity contribution in [1.29, 1.82) is 0 Å². The van der Waals surface area contributed by atoms with E-state index in [4.69, 9.17) is 0 Å². The topological polar surface area (TPSA) is 33.2 Å².